The van der Waals surface area contributed by atoms with Crippen molar-refractivity contribution in [3.05, 3.63) is 54.1 Å². The Morgan fingerprint density at radius 2 is 1.41 bits per heavy atom. The molecule has 4 heteroatoms. The lowest BCUT2D eigenvalue weighted by molar-refractivity contribution is -0.149. The number of rotatable bonds is 15. The van der Waals surface area contributed by atoms with E-state index >= 15 is 0 Å². The first-order valence-electron chi connectivity index (χ1n) is 12.5. The van der Waals surface area contributed by atoms with Crippen molar-refractivity contribution in [2.75, 3.05) is 13.2 Å². The zero-order valence-corrected chi connectivity index (χ0v) is 19.3. The minimum atomic E-state index is -0.271. The van der Waals surface area contributed by atoms with Gasteiger partial charge in [0.25, 0.3) is 0 Å². The van der Waals surface area contributed by atoms with Gasteiger partial charge in [0.05, 0.1) is 19.1 Å². The topological polar surface area (TPSA) is 52.6 Å². The SMILES string of the molecule is O=C(C=Cc1ccccc1)OCCCCCCCCCCCOC(=O)C1CC2C=CC1C2. The number of ether oxygens (including phenoxy) is 2. The second-order valence-corrected chi connectivity index (χ2v) is 9.15. The summed E-state index contributed by atoms with van der Waals surface area (Å²) in [5, 5.41) is 0. The molecule has 2 aliphatic carbocycles. The lowest BCUT2D eigenvalue weighted by Gasteiger charge is -2.16. The average Bonchev–Trinajstić information content (AvgIpc) is 3.45. The zero-order valence-electron chi connectivity index (χ0n) is 19.3. The minimum absolute atomic E-state index is 0.0275. The smallest absolute Gasteiger partial charge is 0.330 e. The highest BCUT2D eigenvalue weighted by molar-refractivity contribution is 5.87. The van der Waals surface area contributed by atoms with Crippen LogP contribution in [0.5, 0.6) is 0 Å². The summed E-state index contributed by atoms with van der Waals surface area (Å²) in [5.74, 6) is 0.941. The van der Waals surface area contributed by atoms with Gasteiger partial charge in [0.2, 0.25) is 0 Å². The van der Waals surface area contributed by atoms with Gasteiger partial charge < -0.3 is 9.47 Å². The summed E-state index contributed by atoms with van der Waals surface area (Å²) < 4.78 is 10.7. The van der Waals surface area contributed by atoms with Gasteiger partial charge in [-0.3, -0.25) is 4.79 Å². The monoisotopic (exact) mass is 438 g/mol. The van der Waals surface area contributed by atoms with Gasteiger partial charge in [-0.25, -0.2) is 4.79 Å². The zero-order chi connectivity index (χ0) is 22.4. The molecular formula is C28H38O4. The van der Waals surface area contributed by atoms with Gasteiger partial charge in [-0.2, -0.15) is 0 Å². The first-order valence-corrected chi connectivity index (χ1v) is 12.5. The second kappa shape index (κ2) is 13.9. The first kappa shape index (κ1) is 24.3. The van der Waals surface area contributed by atoms with Crippen molar-refractivity contribution >= 4 is 18.0 Å². The lowest BCUT2D eigenvalue weighted by Crippen LogP contribution is -2.21. The fraction of sp³-hybridized carbons (Fsp3) is 0.571. The minimum Gasteiger partial charge on any atom is -0.465 e. The summed E-state index contributed by atoms with van der Waals surface area (Å²) >= 11 is 0. The van der Waals surface area contributed by atoms with Crippen LogP contribution in [0.25, 0.3) is 6.08 Å². The van der Waals surface area contributed by atoms with Crippen LogP contribution in [-0.4, -0.2) is 25.2 Å². The van der Waals surface area contributed by atoms with Crippen LogP contribution in [0.1, 0.15) is 76.2 Å². The van der Waals surface area contributed by atoms with E-state index in [4.69, 9.17) is 9.47 Å². The van der Waals surface area contributed by atoms with Crippen molar-refractivity contribution < 1.29 is 19.1 Å². The van der Waals surface area contributed by atoms with E-state index in [0.717, 1.165) is 44.1 Å². The van der Waals surface area contributed by atoms with Crippen LogP contribution in [-0.2, 0) is 19.1 Å². The Bertz CT molecular complexity index is 752. The van der Waals surface area contributed by atoms with Gasteiger partial charge in [-0.15, -0.1) is 0 Å². The molecule has 4 nitrogen and oxygen atoms in total. The maximum Gasteiger partial charge on any atom is 0.330 e. The van der Waals surface area contributed by atoms with Crippen molar-refractivity contribution in [1.82, 2.24) is 0 Å². The van der Waals surface area contributed by atoms with Crippen LogP contribution >= 0.6 is 0 Å². The Morgan fingerprint density at radius 3 is 2.00 bits per heavy atom. The summed E-state index contributed by atoms with van der Waals surface area (Å²) in [4.78, 5) is 23.9. The van der Waals surface area contributed by atoms with Crippen LogP contribution in [0.15, 0.2) is 48.6 Å². The van der Waals surface area contributed by atoms with Crippen LogP contribution in [0.3, 0.4) is 0 Å². The van der Waals surface area contributed by atoms with Crippen LogP contribution < -0.4 is 0 Å². The molecule has 32 heavy (non-hydrogen) atoms. The van der Waals surface area contributed by atoms with E-state index in [1.807, 2.05) is 30.3 Å². The quantitative estimate of drug-likeness (QED) is 0.136. The summed E-state index contributed by atoms with van der Waals surface area (Å²) in [6.07, 6.45) is 20.1. The fourth-order valence-electron chi connectivity index (χ4n) is 4.72. The van der Waals surface area contributed by atoms with Crippen molar-refractivity contribution in [3.63, 3.8) is 0 Å². The van der Waals surface area contributed by atoms with E-state index in [2.05, 4.69) is 12.2 Å². The van der Waals surface area contributed by atoms with E-state index in [-0.39, 0.29) is 17.9 Å². The highest BCUT2D eigenvalue weighted by Crippen LogP contribution is 2.43. The summed E-state index contributed by atoms with van der Waals surface area (Å²) in [6.45, 7) is 1.07. The number of hydrogen-bond donors (Lipinski definition) is 0. The molecule has 174 valence electrons. The number of esters is 2. The Balaban J connectivity index is 1.06. The maximum atomic E-state index is 12.2. The molecule has 1 aromatic rings. The molecule has 2 aliphatic rings. The standard InChI is InChI=1S/C28H38O4/c29-27(18-16-23-13-9-8-10-14-23)31-19-11-6-4-2-1-3-5-7-12-20-32-28(30)26-22-24-15-17-25(26)21-24/h8-10,13-18,24-26H,1-7,11-12,19-22H2. The highest BCUT2D eigenvalue weighted by atomic mass is 16.5. The van der Waals surface area contributed by atoms with Crippen molar-refractivity contribution in [2.45, 2.75) is 70.6 Å². The summed E-state index contributed by atoms with van der Waals surface area (Å²) in [5.41, 5.74) is 0.999. The van der Waals surface area contributed by atoms with E-state index in [0.29, 0.717) is 25.0 Å². The predicted molar refractivity (Wildman–Crippen MR) is 128 cm³/mol. The molecule has 0 radical (unpaired) electrons. The molecule has 0 N–H and O–H groups in total. The summed E-state index contributed by atoms with van der Waals surface area (Å²) in [6, 6.07) is 9.75. The van der Waals surface area contributed by atoms with Gasteiger partial charge in [-0.1, -0.05) is 87.4 Å². The molecule has 1 aromatic carbocycles. The van der Waals surface area contributed by atoms with Gasteiger partial charge in [0.1, 0.15) is 0 Å². The van der Waals surface area contributed by atoms with Gasteiger partial charge in [0, 0.05) is 6.08 Å². The van der Waals surface area contributed by atoms with E-state index in [1.54, 1.807) is 6.08 Å². The van der Waals surface area contributed by atoms with Crippen molar-refractivity contribution in [2.24, 2.45) is 17.8 Å². The number of allylic oxidation sites excluding steroid dienone is 2. The molecule has 3 rings (SSSR count). The highest BCUT2D eigenvalue weighted by Gasteiger charge is 2.40. The van der Waals surface area contributed by atoms with Gasteiger partial charge in [0.15, 0.2) is 0 Å². The number of benzene rings is 1. The molecule has 1 saturated carbocycles. The van der Waals surface area contributed by atoms with E-state index in [1.165, 1.54) is 38.2 Å². The number of fused-ring (bicyclic) bond motifs is 2. The molecule has 0 spiro atoms. The first-order chi connectivity index (χ1) is 15.7. The number of carbonyl (C=O) groups is 2. The lowest BCUT2D eigenvalue weighted by atomic mass is 9.94. The van der Waals surface area contributed by atoms with Crippen LogP contribution in [0.4, 0.5) is 0 Å². The predicted octanol–water partition coefficient (Wildman–Crippen LogP) is 6.51. The summed E-state index contributed by atoms with van der Waals surface area (Å²) in [7, 11) is 0. The van der Waals surface area contributed by atoms with Crippen LogP contribution in [0, 0.1) is 17.8 Å². The Morgan fingerprint density at radius 1 is 0.781 bits per heavy atom. The molecule has 0 amide bonds. The average molecular weight is 439 g/mol. The normalized spacial score (nSPS) is 21.3. The van der Waals surface area contributed by atoms with Crippen LogP contribution in [0.2, 0.25) is 0 Å². The maximum absolute atomic E-state index is 12.2. The van der Waals surface area contributed by atoms with Crippen molar-refractivity contribution in [3.8, 4) is 0 Å². The Hall–Kier alpha value is -2.36. The third kappa shape index (κ3) is 8.64. The number of unbranched alkanes of at least 4 members (excludes halogenated alkanes) is 8. The molecule has 3 atom stereocenters. The molecule has 2 bridgehead atoms. The Labute approximate surface area is 193 Å². The second-order valence-electron chi connectivity index (χ2n) is 9.15. The molecule has 1 fully saturated rings. The third-order valence-electron chi connectivity index (χ3n) is 6.57. The Kier molecular flexibility index (Phi) is 10.6. The molecule has 0 saturated heterocycles. The molecule has 0 aliphatic heterocycles. The molecule has 0 heterocycles. The third-order valence-corrected chi connectivity index (χ3v) is 6.57. The van der Waals surface area contributed by atoms with E-state index < -0.39 is 0 Å². The fourth-order valence-corrected chi connectivity index (χ4v) is 4.72. The number of hydrogen-bond acceptors (Lipinski definition) is 4. The molecular weight excluding hydrogens is 400 g/mol. The van der Waals surface area contributed by atoms with Crippen molar-refractivity contribution in [1.29, 1.82) is 0 Å². The van der Waals surface area contributed by atoms with Gasteiger partial charge in [-0.05, 0) is 49.2 Å². The largest absolute Gasteiger partial charge is 0.465 e. The van der Waals surface area contributed by atoms with Gasteiger partial charge >= 0.3 is 11.9 Å². The molecule has 3 unspecified atom stereocenters. The molecule has 0 aromatic heterocycles. The number of carbonyl (C=O) groups excluding carboxylic acids is 2. The van der Waals surface area contributed by atoms with E-state index in [9.17, 15) is 9.59 Å².